The molecule has 0 aliphatic heterocycles. The minimum atomic E-state index is -0.139. The van der Waals surface area contributed by atoms with Crippen molar-refractivity contribution in [2.75, 3.05) is 13.2 Å². The highest BCUT2D eigenvalue weighted by molar-refractivity contribution is 6.32. The van der Waals surface area contributed by atoms with Crippen molar-refractivity contribution in [3.8, 4) is 5.75 Å². The molecule has 0 unspecified atom stereocenters. The van der Waals surface area contributed by atoms with E-state index in [1.54, 1.807) is 24.5 Å². The van der Waals surface area contributed by atoms with Gasteiger partial charge in [0, 0.05) is 18.5 Å². The van der Waals surface area contributed by atoms with Gasteiger partial charge in [-0.25, -0.2) is 0 Å². The van der Waals surface area contributed by atoms with E-state index in [-0.39, 0.29) is 5.91 Å². The zero-order chi connectivity index (χ0) is 15.1. The number of nitrogens with one attached hydrogen (secondary N) is 1. The van der Waals surface area contributed by atoms with Crippen molar-refractivity contribution >= 4 is 17.5 Å². The molecule has 1 N–H and O–H groups in total. The van der Waals surface area contributed by atoms with Gasteiger partial charge in [0.15, 0.2) is 0 Å². The van der Waals surface area contributed by atoms with E-state index in [1.165, 1.54) is 0 Å². The van der Waals surface area contributed by atoms with Gasteiger partial charge in [0.2, 0.25) is 0 Å². The second-order valence-corrected chi connectivity index (χ2v) is 4.92. The summed E-state index contributed by atoms with van der Waals surface area (Å²) in [5.74, 6) is 1.38. The molecular weight excluding hydrogens is 290 g/mol. The third kappa shape index (κ3) is 4.53. The van der Waals surface area contributed by atoms with Crippen LogP contribution in [0.25, 0.3) is 0 Å². The van der Waals surface area contributed by atoms with Crippen LogP contribution in [0.1, 0.15) is 29.5 Å². The normalized spacial score (nSPS) is 10.4. The van der Waals surface area contributed by atoms with Gasteiger partial charge >= 0.3 is 0 Å². The van der Waals surface area contributed by atoms with Crippen molar-refractivity contribution in [2.45, 2.75) is 19.8 Å². The van der Waals surface area contributed by atoms with Crippen molar-refractivity contribution in [1.29, 1.82) is 0 Å². The number of aryl methyl sites for hydroxylation is 1. The Morgan fingerprint density at radius 2 is 2.24 bits per heavy atom. The topological polar surface area (TPSA) is 51.5 Å². The summed E-state index contributed by atoms with van der Waals surface area (Å²) in [5, 5.41) is 3.30. The molecule has 0 bridgehead atoms. The zero-order valence-electron chi connectivity index (χ0n) is 11.9. The first-order chi connectivity index (χ1) is 10.2. The van der Waals surface area contributed by atoms with Crippen LogP contribution in [0.3, 0.4) is 0 Å². The van der Waals surface area contributed by atoms with Gasteiger partial charge in [0.1, 0.15) is 11.5 Å². The Bertz CT molecular complexity index is 581. The maximum absolute atomic E-state index is 12.0. The number of hydrogen-bond acceptors (Lipinski definition) is 3. The Morgan fingerprint density at radius 3 is 2.90 bits per heavy atom. The number of carbonyl (C=O) groups is 1. The number of rotatable bonds is 7. The smallest absolute Gasteiger partial charge is 0.251 e. The third-order valence-corrected chi connectivity index (χ3v) is 3.25. The molecule has 2 aromatic rings. The lowest BCUT2D eigenvalue weighted by Crippen LogP contribution is -2.24. The highest BCUT2D eigenvalue weighted by Crippen LogP contribution is 2.25. The van der Waals surface area contributed by atoms with E-state index in [1.807, 2.05) is 19.1 Å². The number of carbonyl (C=O) groups excluding carboxylic acids is 1. The van der Waals surface area contributed by atoms with Crippen LogP contribution in [-0.2, 0) is 6.42 Å². The van der Waals surface area contributed by atoms with Crippen molar-refractivity contribution < 1.29 is 13.9 Å². The Morgan fingerprint density at radius 1 is 1.38 bits per heavy atom. The number of furan rings is 1. The number of benzene rings is 1. The van der Waals surface area contributed by atoms with Crippen LogP contribution in [0.2, 0.25) is 5.02 Å². The second-order valence-electron chi connectivity index (χ2n) is 4.52. The van der Waals surface area contributed by atoms with Gasteiger partial charge in [-0.2, -0.15) is 0 Å². The standard InChI is InChI=1S/C16H18ClNO3/c1-2-20-15-8-7-12(11-14(15)17)16(19)18-9-3-5-13-6-4-10-21-13/h4,6-8,10-11H,2-3,5,9H2,1H3,(H,18,19). The molecule has 0 atom stereocenters. The summed E-state index contributed by atoms with van der Waals surface area (Å²) in [4.78, 5) is 12.0. The van der Waals surface area contributed by atoms with Crippen LogP contribution >= 0.6 is 11.6 Å². The van der Waals surface area contributed by atoms with Gasteiger partial charge < -0.3 is 14.5 Å². The molecule has 1 heterocycles. The minimum absolute atomic E-state index is 0.139. The molecule has 5 heteroatoms. The van der Waals surface area contributed by atoms with E-state index in [9.17, 15) is 4.79 Å². The van der Waals surface area contributed by atoms with Crippen LogP contribution in [0.15, 0.2) is 41.0 Å². The molecule has 0 fully saturated rings. The number of hydrogen-bond donors (Lipinski definition) is 1. The monoisotopic (exact) mass is 307 g/mol. The average molecular weight is 308 g/mol. The Hall–Kier alpha value is -1.94. The van der Waals surface area contributed by atoms with E-state index in [0.717, 1.165) is 18.6 Å². The van der Waals surface area contributed by atoms with Gasteiger partial charge in [0.05, 0.1) is 17.9 Å². The lowest BCUT2D eigenvalue weighted by Gasteiger charge is -2.08. The Kier molecular flexibility index (Phi) is 5.69. The molecule has 4 nitrogen and oxygen atoms in total. The Balaban J connectivity index is 1.81. The third-order valence-electron chi connectivity index (χ3n) is 2.96. The van der Waals surface area contributed by atoms with Gasteiger partial charge in [-0.3, -0.25) is 4.79 Å². The first kappa shape index (κ1) is 15.4. The highest BCUT2D eigenvalue weighted by Gasteiger charge is 2.09. The van der Waals surface area contributed by atoms with E-state index in [2.05, 4.69) is 5.32 Å². The first-order valence-corrected chi connectivity index (χ1v) is 7.31. The summed E-state index contributed by atoms with van der Waals surface area (Å²) in [6.07, 6.45) is 3.27. The molecule has 1 amide bonds. The van der Waals surface area contributed by atoms with Gasteiger partial charge in [-0.05, 0) is 43.7 Å². The molecular formula is C16H18ClNO3. The molecule has 1 aromatic heterocycles. The van der Waals surface area contributed by atoms with Crippen LogP contribution in [-0.4, -0.2) is 19.1 Å². The lowest BCUT2D eigenvalue weighted by molar-refractivity contribution is 0.0953. The molecule has 0 radical (unpaired) electrons. The number of halogens is 1. The van der Waals surface area contributed by atoms with Crippen LogP contribution in [0.5, 0.6) is 5.75 Å². The predicted octanol–water partition coefficient (Wildman–Crippen LogP) is 3.69. The van der Waals surface area contributed by atoms with Crippen LogP contribution in [0.4, 0.5) is 0 Å². The summed E-state index contributed by atoms with van der Waals surface area (Å²) in [5.41, 5.74) is 0.529. The van der Waals surface area contributed by atoms with Crippen LogP contribution < -0.4 is 10.1 Å². The van der Waals surface area contributed by atoms with E-state index in [0.29, 0.717) is 29.5 Å². The summed E-state index contributed by atoms with van der Waals surface area (Å²) in [7, 11) is 0. The van der Waals surface area contributed by atoms with Crippen molar-refractivity contribution in [3.05, 3.63) is 52.9 Å². The SMILES string of the molecule is CCOc1ccc(C(=O)NCCCc2ccco2)cc1Cl. The average Bonchev–Trinajstić information content (AvgIpc) is 2.99. The molecule has 0 spiro atoms. The van der Waals surface area contributed by atoms with Crippen LogP contribution in [0, 0.1) is 0 Å². The molecule has 0 saturated carbocycles. The lowest BCUT2D eigenvalue weighted by atomic mass is 10.2. The fourth-order valence-electron chi connectivity index (χ4n) is 1.94. The van der Waals surface area contributed by atoms with Gasteiger partial charge in [-0.15, -0.1) is 0 Å². The fraction of sp³-hybridized carbons (Fsp3) is 0.312. The Labute approximate surface area is 129 Å². The molecule has 21 heavy (non-hydrogen) atoms. The van der Waals surface area contributed by atoms with Crippen molar-refractivity contribution in [3.63, 3.8) is 0 Å². The van der Waals surface area contributed by atoms with E-state index >= 15 is 0 Å². The quantitative estimate of drug-likeness (QED) is 0.794. The van der Waals surface area contributed by atoms with E-state index < -0.39 is 0 Å². The highest BCUT2D eigenvalue weighted by atomic mass is 35.5. The summed E-state index contributed by atoms with van der Waals surface area (Å²) in [6, 6.07) is 8.82. The molecule has 0 aliphatic carbocycles. The summed E-state index contributed by atoms with van der Waals surface area (Å²) in [6.45, 7) is 3.01. The maximum Gasteiger partial charge on any atom is 0.251 e. The van der Waals surface area contributed by atoms with E-state index in [4.69, 9.17) is 20.8 Å². The largest absolute Gasteiger partial charge is 0.492 e. The van der Waals surface area contributed by atoms with Crippen molar-refractivity contribution in [1.82, 2.24) is 5.32 Å². The minimum Gasteiger partial charge on any atom is -0.492 e. The number of ether oxygens (including phenoxy) is 1. The predicted molar refractivity (Wildman–Crippen MR) is 82.0 cm³/mol. The maximum atomic E-state index is 12.0. The summed E-state index contributed by atoms with van der Waals surface area (Å²) < 4.78 is 10.6. The molecule has 2 rings (SSSR count). The number of amides is 1. The molecule has 1 aromatic carbocycles. The fourth-order valence-corrected chi connectivity index (χ4v) is 2.17. The van der Waals surface area contributed by atoms with Crippen molar-refractivity contribution in [2.24, 2.45) is 0 Å². The molecule has 112 valence electrons. The zero-order valence-corrected chi connectivity index (χ0v) is 12.7. The second kappa shape index (κ2) is 7.74. The van der Waals surface area contributed by atoms with Gasteiger partial charge in [0.25, 0.3) is 5.91 Å². The molecule has 0 saturated heterocycles. The van der Waals surface area contributed by atoms with Gasteiger partial charge in [-0.1, -0.05) is 11.6 Å². The summed E-state index contributed by atoms with van der Waals surface area (Å²) >= 11 is 6.06. The molecule has 0 aliphatic rings. The first-order valence-electron chi connectivity index (χ1n) is 6.93.